The molecule has 22 heavy (non-hydrogen) atoms. The van der Waals surface area contributed by atoms with Crippen LogP contribution in [0.5, 0.6) is 0 Å². The number of hydrogen-bond acceptors (Lipinski definition) is 4. The van der Waals surface area contributed by atoms with Gasteiger partial charge in [-0.1, -0.05) is 24.3 Å². The second-order valence-electron chi connectivity index (χ2n) is 5.29. The van der Waals surface area contributed by atoms with Crippen LogP contribution in [-0.2, 0) is 14.8 Å². The molecule has 1 aliphatic rings. The van der Waals surface area contributed by atoms with Crippen LogP contribution >= 0.6 is 11.3 Å². The van der Waals surface area contributed by atoms with Crippen molar-refractivity contribution in [2.45, 2.75) is 29.5 Å². The van der Waals surface area contributed by atoms with Crippen molar-refractivity contribution in [1.29, 1.82) is 0 Å². The molecule has 0 amide bonds. The van der Waals surface area contributed by atoms with Crippen molar-refractivity contribution in [2.24, 2.45) is 0 Å². The lowest BCUT2D eigenvalue weighted by Crippen LogP contribution is -2.27. The van der Waals surface area contributed by atoms with Gasteiger partial charge in [0.05, 0.1) is 5.92 Å². The fourth-order valence-electron chi connectivity index (χ4n) is 2.78. The number of thiophene rings is 1. The van der Waals surface area contributed by atoms with Crippen LogP contribution in [0.25, 0.3) is 0 Å². The summed E-state index contributed by atoms with van der Waals surface area (Å²) in [4.78, 5) is 12.3. The van der Waals surface area contributed by atoms with Crippen molar-refractivity contribution < 1.29 is 18.3 Å². The molecule has 7 heteroatoms. The van der Waals surface area contributed by atoms with Gasteiger partial charge in [0.2, 0.25) is 0 Å². The van der Waals surface area contributed by atoms with Crippen LogP contribution in [0.3, 0.4) is 0 Å². The van der Waals surface area contributed by atoms with E-state index in [1.165, 1.54) is 11.3 Å². The van der Waals surface area contributed by atoms with Gasteiger partial charge >= 0.3 is 5.97 Å². The number of sulfonamides is 1. The Balaban J connectivity index is 1.92. The molecule has 1 heterocycles. The second kappa shape index (κ2) is 5.49. The average Bonchev–Trinajstić information content (AvgIpc) is 3.04. The molecule has 2 N–H and O–H groups in total. The van der Waals surface area contributed by atoms with E-state index in [0.717, 1.165) is 10.4 Å². The van der Waals surface area contributed by atoms with Crippen LogP contribution in [0, 0.1) is 6.92 Å². The SMILES string of the molecule is Cc1ccc(S(=O)(=O)N[C@@H]2C[C@H](C(=O)O)c3ccccc32)s1. The minimum Gasteiger partial charge on any atom is -0.481 e. The third-order valence-corrected chi connectivity index (χ3v) is 6.76. The van der Waals surface area contributed by atoms with E-state index in [-0.39, 0.29) is 10.6 Å². The highest BCUT2D eigenvalue weighted by atomic mass is 32.2. The van der Waals surface area contributed by atoms with E-state index in [9.17, 15) is 18.3 Å². The van der Waals surface area contributed by atoms with Crippen LogP contribution < -0.4 is 4.72 Å². The summed E-state index contributed by atoms with van der Waals surface area (Å²) in [6, 6.07) is 9.90. The molecular formula is C15H15NO4S2. The molecule has 0 spiro atoms. The van der Waals surface area contributed by atoms with Crippen LogP contribution in [0.2, 0.25) is 0 Å². The predicted molar refractivity (Wildman–Crippen MR) is 83.6 cm³/mol. The van der Waals surface area contributed by atoms with Crippen LogP contribution in [0.4, 0.5) is 0 Å². The molecule has 2 aromatic rings. The zero-order valence-corrected chi connectivity index (χ0v) is 13.4. The zero-order valence-electron chi connectivity index (χ0n) is 11.8. The molecule has 0 unspecified atom stereocenters. The van der Waals surface area contributed by atoms with Crippen LogP contribution in [-0.4, -0.2) is 19.5 Å². The van der Waals surface area contributed by atoms with Gasteiger partial charge in [-0.05, 0) is 36.6 Å². The number of fused-ring (bicyclic) bond motifs is 1. The number of hydrogen-bond donors (Lipinski definition) is 2. The van der Waals surface area contributed by atoms with Gasteiger partial charge in [-0.25, -0.2) is 13.1 Å². The summed E-state index contributed by atoms with van der Waals surface area (Å²) in [7, 11) is -3.64. The standard InChI is InChI=1S/C15H15NO4S2/c1-9-6-7-14(21-9)22(19,20)16-13-8-12(15(17)18)10-4-2-3-5-11(10)13/h2-7,12-13,16H,8H2,1H3,(H,17,18)/t12-,13+/m0/s1. The molecule has 3 rings (SSSR count). The topological polar surface area (TPSA) is 83.5 Å². The lowest BCUT2D eigenvalue weighted by molar-refractivity contribution is -0.138. The summed E-state index contributed by atoms with van der Waals surface area (Å²) in [5, 5.41) is 9.32. The quantitative estimate of drug-likeness (QED) is 0.898. The van der Waals surface area contributed by atoms with Gasteiger partial charge in [0, 0.05) is 10.9 Å². The summed E-state index contributed by atoms with van der Waals surface area (Å²) >= 11 is 1.20. The van der Waals surface area contributed by atoms with Crippen molar-refractivity contribution in [3.8, 4) is 0 Å². The molecule has 116 valence electrons. The maximum Gasteiger partial charge on any atom is 0.311 e. The predicted octanol–water partition coefficient (Wildman–Crippen LogP) is 2.65. The van der Waals surface area contributed by atoms with Gasteiger partial charge in [-0.15, -0.1) is 11.3 Å². The third-order valence-electron chi connectivity index (χ3n) is 3.79. The maximum atomic E-state index is 12.4. The first-order chi connectivity index (χ1) is 10.4. The minimum absolute atomic E-state index is 0.234. The van der Waals surface area contributed by atoms with Crippen molar-refractivity contribution in [1.82, 2.24) is 4.72 Å². The molecule has 0 saturated heterocycles. The Kier molecular flexibility index (Phi) is 3.80. The van der Waals surface area contributed by atoms with Crippen molar-refractivity contribution in [2.75, 3.05) is 0 Å². The molecule has 0 bridgehead atoms. The summed E-state index contributed by atoms with van der Waals surface area (Å²) in [6.45, 7) is 1.84. The maximum absolute atomic E-state index is 12.4. The summed E-state index contributed by atoms with van der Waals surface area (Å²) < 4.78 is 27.8. The van der Waals surface area contributed by atoms with Gasteiger partial charge in [0.15, 0.2) is 0 Å². The number of carboxylic acid groups (broad SMARTS) is 1. The molecular weight excluding hydrogens is 322 g/mol. The Morgan fingerprint density at radius 3 is 2.50 bits per heavy atom. The average molecular weight is 337 g/mol. The monoisotopic (exact) mass is 337 g/mol. The van der Waals surface area contributed by atoms with E-state index in [2.05, 4.69) is 4.72 Å². The van der Waals surface area contributed by atoms with Crippen LogP contribution in [0.1, 0.15) is 34.4 Å². The summed E-state index contributed by atoms with van der Waals surface area (Å²) in [5.41, 5.74) is 1.43. The normalized spacial score (nSPS) is 20.8. The Labute approximate surface area is 132 Å². The number of carbonyl (C=O) groups is 1. The van der Waals surface area contributed by atoms with E-state index < -0.39 is 28.0 Å². The van der Waals surface area contributed by atoms with Crippen LogP contribution in [0.15, 0.2) is 40.6 Å². The second-order valence-corrected chi connectivity index (χ2v) is 8.52. The fourth-order valence-corrected chi connectivity index (χ4v) is 5.31. The number of nitrogens with one attached hydrogen (secondary N) is 1. The van der Waals surface area contributed by atoms with E-state index in [1.807, 2.05) is 6.92 Å². The van der Waals surface area contributed by atoms with E-state index in [4.69, 9.17) is 0 Å². The first kappa shape index (κ1) is 15.2. The highest BCUT2D eigenvalue weighted by molar-refractivity contribution is 7.91. The van der Waals surface area contributed by atoms with Gasteiger partial charge in [0.1, 0.15) is 4.21 Å². The molecule has 1 aliphatic carbocycles. The number of rotatable bonds is 4. The van der Waals surface area contributed by atoms with Gasteiger partial charge in [0.25, 0.3) is 10.0 Å². The molecule has 0 fully saturated rings. The Morgan fingerprint density at radius 2 is 1.91 bits per heavy atom. The number of carboxylic acids is 1. The minimum atomic E-state index is -3.64. The summed E-state index contributed by atoms with van der Waals surface area (Å²) in [5.74, 6) is -1.60. The van der Waals surface area contributed by atoms with E-state index in [0.29, 0.717) is 5.56 Å². The Bertz CT molecular complexity index is 826. The largest absolute Gasteiger partial charge is 0.481 e. The Hall–Kier alpha value is -1.70. The molecule has 5 nitrogen and oxygen atoms in total. The fraction of sp³-hybridized carbons (Fsp3) is 0.267. The lowest BCUT2D eigenvalue weighted by atomic mass is 10.0. The first-order valence-electron chi connectivity index (χ1n) is 6.79. The van der Waals surface area contributed by atoms with E-state index in [1.54, 1.807) is 36.4 Å². The first-order valence-corrected chi connectivity index (χ1v) is 9.09. The zero-order chi connectivity index (χ0) is 15.9. The number of benzene rings is 1. The molecule has 2 atom stereocenters. The summed E-state index contributed by atoms with van der Waals surface area (Å²) in [6.07, 6.45) is 0.234. The Morgan fingerprint density at radius 1 is 1.23 bits per heavy atom. The smallest absolute Gasteiger partial charge is 0.311 e. The van der Waals surface area contributed by atoms with Crippen molar-refractivity contribution in [3.05, 3.63) is 52.4 Å². The number of aliphatic carboxylic acids is 1. The van der Waals surface area contributed by atoms with Gasteiger partial charge in [-0.3, -0.25) is 4.79 Å². The molecule has 0 saturated carbocycles. The van der Waals surface area contributed by atoms with Crippen molar-refractivity contribution in [3.63, 3.8) is 0 Å². The molecule has 1 aromatic carbocycles. The molecule has 0 radical (unpaired) electrons. The van der Waals surface area contributed by atoms with Gasteiger partial charge in [-0.2, -0.15) is 0 Å². The molecule has 0 aliphatic heterocycles. The highest BCUT2D eigenvalue weighted by Crippen LogP contribution is 2.41. The lowest BCUT2D eigenvalue weighted by Gasteiger charge is -2.13. The number of aryl methyl sites for hydroxylation is 1. The third kappa shape index (κ3) is 2.67. The van der Waals surface area contributed by atoms with E-state index >= 15 is 0 Å². The highest BCUT2D eigenvalue weighted by Gasteiger charge is 2.37. The van der Waals surface area contributed by atoms with Crippen molar-refractivity contribution >= 4 is 27.3 Å². The van der Waals surface area contributed by atoms with Gasteiger partial charge < -0.3 is 5.11 Å². The molecule has 1 aromatic heterocycles.